The van der Waals surface area contributed by atoms with Crippen LogP contribution in [0.15, 0.2) is 35.2 Å². The lowest BCUT2D eigenvalue weighted by molar-refractivity contribution is -0.158. The molecule has 6 heteroatoms. The van der Waals surface area contributed by atoms with E-state index in [1.165, 1.54) is 4.90 Å². The number of morpholine rings is 1. The highest BCUT2D eigenvalue weighted by Gasteiger charge is 2.32. The van der Waals surface area contributed by atoms with Crippen LogP contribution in [0.5, 0.6) is 0 Å². The third kappa shape index (κ3) is 3.98. The number of amides is 1. The molecule has 1 aromatic rings. The Morgan fingerprint density at radius 3 is 2.80 bits per heavy atom. The lowest BCUT2D eigenvalue weighted by Gasteiger charge is -2.32. The number of thioether (sulfide) groups is 1. The summed E-state index contributed by atoms with van der Waals surface area (Å²) < 4.78 is 5.12. The number of hydrogen-bond donors (Lipinski definition) is 1. The number of benzene rings is 1. The molecule has 1 aliphatic rings. The predicted molar refractivity (Wildman–Crippen MR) is 75.7 cm³/mol. The molecule has 1 saturated heterocycles. The first-order chi connectivity index (χ1) is 9.68. The van der Waals surface area contributed by atoms with E-state index in [1.807, 2.05) is 30.3 Å². The number of carboxylic acid groups (broad SMARTS) is 1. The van der Waals surface area contributed by atoms with Gasteiger partial charge in [0.15, 0.2) is 6.04 Å². The maximum absolute atomic E-state index is 12.1. The number of carbonyl (C=O) groups is 2. The van der Waals surface area contributed by atoms with Crippen LogP contribution < -0.4 is 0 Å². The summed E-state index contributed by atoms with van der Waals surface area (Å²) in [5.74, 6) is -0.482. The van der Waals surface area contributed by atoms with Crippen LogP contribution >= 0.6 is 11.8 Å². The van der Waals surface area contributed by atoms with Gasteiger partial charge >= 0.3 is 5.97 Å². The molecule has 1 aliphatic heterocycles. The zero-order chi connectivity index (χ0) is 14.4. The fourth-order valence-electron chi connectivity index (χ4n) is 2.02. The van der Waals surface area contributed by atoms with Gasteiger partial charge in [0.05, 0.1) is 13.2 Å². The standard InChI is InChI=1S/C14H17NO4S/c16-13(6-9-20-11-4-2-1-3-5-11)15-7-8-19-10-12(15)14(17)18/h1-5,12H,6-10H2,(H,17,18). The molecule has 108 valence electrons. The van der Waals surface area contributed by atoms with Crippen molar-refractivity contribution in [1.82, 2.24) is 4.90 Å². The smallest absolute Gasteiger partial charge is 0.328 e. The molecular formula is C14H17NO4S. The summed E-state index contributed by atoms with van der Waals surface area (Å²) in [5.41, 5.74) is 0. The Labute approximate surface area is 121 Å². The van der Waals surface area contributed by atoms with Gasteiger partial charge in [-0.2, -0.15) is 0 Å². The molecule has 1 N–H and O–H groups in total. The highest BCUT2D eigenvalue weighted by Crippen LogP contribution is 2.19. The van der Waals surface area contributed by atoms with Gasteiger partial charge in [-0.15, -0.1) is 11.8 Å². The van der Waals surface area contributed by atoms with Gasteiger partial charge in [0.2, 0.25) is 5.91 Å². The number of aliphatic carboxylic acids is 1. The molecule has 20 heavy (non-hydrogen) atoms. The number of hydrogen-bond acceptors (Lipinski definition) is 4. The molecule has 5 nitrogen and oxygen atoms in total. The lowest BCUT2D eigenvalue weighted by Crippen LogP contribution is -2.52. The van der Waals surface area contributed by atoms with E-state index in [0.29, 0.717) is 25.3 Å². The third-order valence-corrected chi connectivity index (χ3v) is 4.08. The average Bonchev–Trinajstić information content (AvgIpc) is 2.48. The van der Waals surface area contributed by atoms with Gasteiger partial charge in [0, 0.05) is 23.6 Å². The summed E-state index contributed by atoms with van der Waals surface area (Å²) in [6, 6.07) is 8.98. The molecule has 0 aliphatic carbocycles. The molecule has 0 bridgehead atoms. The Morgan fingerprint density at radius 2 is 2.10 bits per heavy atom. The van der Waals surface area contributed by atoms with Crippen LogP contribution in [0.1, 0.15) is 6.42 Å². The van der Waals surface area contributed by atoms with E-state index in [2.05, 4.69) is 0 Å². The summed E-state index contributed by atoms with van der Waals surface area (Å²) in [7, 11) is 0. The maximum atomic E-state index is 12.1. The molecule has 0 aromatic heterocycles. The van der Waals surface area contributed by atoms with E-state index in [1.54, 1.807) is 11.8 Å². The van der Waals surface area contributed by atoms with E-state index in [4.69, 9.17) is 9.84 Å². The van der Waals surface area contributed by atoms with E-state index >= 15 is 0 Å². The molecule has 0 saturated carbocycles. The molecule has 1 amide bonds. The maximum Gasteiger partial charge on any atom is 0.328 e. The number of carboxylic acids is 1. The highest BCUT2D eigenvalue weighted by atomic mass is 32.2. The summed E-state index contributed by atoms with van der Waals surface area (Å²) in [5, 5.41) is 9.08. The average molecular weight is 295 g/mol. The van der Waals surface area contributed by atoms with E-state index in [9.17, 15) is 9.59 Å². The van der Waals surface area contributed by atoms with Crippen molar-refractivity contribution < 1.29 is 19.4 Å². The fraction of sp³-hybridized carbons (Fsp3) is 0.429. The molecule has 1 unspecified atom stereocenters. The second kappa shape index (κ2) is 7.31. The highest BCUT2D eigenvalue weighted by molar-refractivity contribution is 7.99. The van der Waals surface area contributed by atoms with Gasteiger partial charge in [-0.1, -0.05) is 18.2 Å². The molecule has 0 spiro atoms. The minimum atomic E-state index is -1.01. The van der Waals surface area contributed by atoms with Gasteiger partial charge in [0.1, 0.15) is 0 Å². The Morgan fingerprint density at radius 1 is 1.35 bits per heavy atom. The van der Waals surface area contributed by atoms with Crippen LogP contribution in [0.4, 0.5) is 0 Å². The molecule has 1 fully saturated rings. The van der Waals surface area contributed by atoms with Crippen LogP contribution in [0.2, 0.25) is 0 Å². The van der Waals surface area contributed by atoms with Gasteiger partial charge in [-0.25, -0.2) is 4.79 Å². The summed E-state index contributed by atoms with van der Waals surface area (Å²) in [6.07, 6.45) is 0.337. The zero-order valence-electron chi connectivity index (χ0n) is 11.0. The summed E-state index contributed by atoms with van der Waals surface area (Å²) in [4.78, 5) is 25.7. The fourth-order valence-corrected chi connectivity index (χ4v) is 2.89. The largest absolute Gasteiger partial charge is 0.480 e. The minimum Gasteiger partial charge on any atom is -0.480 e. The monoisotopic (exact) mass is 295 g/mol. The SMILES string of the molecule is O=C(O)C1COCCN1C(=O)CCSc1ccccc1. The second-order valence-corrected chi connectivity index (χ2v) is 5.60. The zero-order valence-corrected chi connectivity index (χ0v) is 11.8. The molecule has 0 radical (unpaired) electrons. The first-order valence-electron chi connectivity index (χ1n) is 6.46. The van der Waals surface area contributed by atoms with Crippen LogP contribution in [0, 0.1) is 0 Å². The first-order valence-corrected chi connectivity index (χ1v) is 7.45. The Kier molecular flexibility index (Phi) is 5.43. The topological polar surface area (TPSA) is 66.8 Å². The van der Waals surface area contributed by atoms with Gasteiger partial charge in [-0.3, -0.25) is 4.79 Å². The van der Waals surface area contributed by atoms with Crippen molar-refractivity contribution in [2.75, 3.05) is 25.5 Å². The lowest BCUT2D eigenvalue weighted by atomic mass is 10.2. The van der Waals surface area contributed by atoms with E-state index in [0.717, 1.165) is 4.90 Å². The number of nitrogens with zero attached hydrogens (tertiary/aromatic N) is 1. The van der Waals surface area contributed by atoms with E-state index in [-0.39, 0.29) is 12.5 Å². The van der Waals surface area contributed by atoms with E-state index < -0.39 is 12.0 Å². The van der Waals surface area contributed by atoms with Crippen LogP contribution in [-0.2, 0) is 14.3 Å². The van der Waals surface area contributed by atoms with Crippen LogP contribution in [0.3, 0.4) is 0 Å². The van der Waals surface area contributed by atoms with Gasteiger partial charge in [0.25, 0.3) is 0 Å². The Bertz CT molecular complexity index is 466. The first kappa shape index (κ1) is 14.9. The number of carbonyl (C=O) groups excluding carboxylic acids is 1. The summed E-state index contributed by atoms with van der Waals surface area (Å²) >= 11 is 1.60. The van der Waals surface area contributed by atoms with Crippen LogP contribution in [-0.4, -0.2) is 53.4 Å². The third-order valence-electron chi connectivity index (χ3n) is 3.06. The Hall–Kier alpha value is -1.53. The molecule has 1 atom stereocenters. The van der Waals surface area contributed by atoms with Crippen molar-refractivity contribution in [3.8, 4) is 0 Å². The van der Waals surface area contributed by atoms with Gasteiger partial charge in [-0.05, 0) is 12.1 Å². The van der Waals surface area contributed by atoms with Crippen molar-refractivity contribution in [2.45, 2.75) is 17.4 Å². The van der Waals surface area contributed by atoms with Crippen molar-refractivity contribution in [3.63, 3.8) is 0 Å². The summed E-state index contributed by atoms with van der Waals surface area (Å²) in [6.45, 7) is 0.833. The minimum absolute atomic E-state index is 0.0763. The molecule has 1 heterocycles. The molecular weight excluding hydrogens is 278 g/mol. The Balaban J connectivity index is 1.83. The number of rotatable bonds is 5. The van der Waals surface area contributed by atoms with Crippen molar-refractivity contribution in [2.24, 2.45) is 0 Å². The predicted octanol–water partition coefficient (Wildman–Crippen LogP) is 1.48. The quantitative estimate of drug-likeness (QED) is 0.834. The normalized spacial score (nSPS) is 18.8. The molecule has 2 rings (SSSR count). The van der Waals surface area contributed by atoms with Crippen molar-refractivity contribution in [1.29, 1.82) is 0 Å². The van der Waals surface area contributed by atoms with Crippen molar-refractivity contribution in [3.05, 3.63) is 30.3 Å². The van der Waals surface area contributed by atoms with Gasteiger partial charge < -0.3 is 14.7 Å². The number of ether oxygens (including phenoxy) is 1. The second-order valence-electron chi connectivity index (χ2n) is 4.43. The van der Waals surface area contributed by atoms with Crippen molar-refractivity contribution >= 4 is 23.6 Å². The molecule has 1 aromatic carbocycles. The van der Waals surface area contributed by atoms with Crippen LogP contribution in [0.25, 0.3) is 0 Å².